The molecule has 0 bridgehead atoms. The molecule has 0 fully saturated rings. The van der Waals surface area contributed by atoms with E-state index in [4.69, 9.17) is 9.47 Å². The Bertz CT molecular complexity index is 360. The fourth-order valence-corrected chi connectivity index (χ4v) is 2.42. The fourth-order valence-electron chi connectivity index (χ4n) is 2.42. The Kier molecular flexibility index (Phi) is 6.32. The molecule has 0 aliphatic heterocycles. The number of likely N-dealkylation sites (N-methyl/N-ethyl adjacent to an activating group) is 1. The van der Waals surface area contributed by atoms with Crippen LogP contribution in [0.25, 0.3) is 0 Å². The zero-order chi connectivity index (χ0) is 14.3. The van der Waals surface area contributed by atoms with Crippen LogP contribution in [0, 0.1) is 0 Å². The summed E-state index contributed by atoms with van der Waals surface area (Å²) in [6.45, 7) is 7.07. The average molecular weight is 265 g/mol. The van der Waals surface area contributed by atoms with Gasteiger partial charge in [-0.25, -0.2) is 0 Å². The number of hydrogen-bond acceptors (Lipinski definition) is 3. The Labute approximate surface area is 117 Å². The van der Waals surface area contributed by atoms with Gasteiger partial charge in [-0.2, -0.15) is 0 Å². The largest absolute Gasteiger partial charge is 0.497 e. The van der Waals surface area contributed by atoms with E-state index in [0.717, 1.165) is 25.2 Å². The normalized spacial score (nSPS) is 13.3. The van der Waals surface area contributed by atoms with Gasteiger partial charge in [-0.3, -0.25) is 0 Å². The van der Waals surface area contributed by atoms with Gasteiger partial charge >= 0.3 is 0 Å². The third-order valence-electron chi connectivity index (χ3n) is 3.58. The van der Waals surface area contributed by atoms with E-state index in [1.165, 1.54) is 5.56 Å². The van der Waals surface area contributed by atoms with E-state index in [1.807, 2.05) is 26.1 Å². The Hall–Kier alpha value is -1.06. The van der Waals surface area contributed by atoms with Crippen LogP contribution in [0.2, 0.25) is 0 Å². The Morgan fingerprint density at radius 3 is 2.32 bits per heavy atom. The summed E-state index contributed by atoms with van der Waals surface area (Å²) in [5.74, 6) is 0.906. The molecule has 1 unspecified atom stereocenters. The molecule has 3 heteroatoms. The molecule has 19 heavy (non-hydrogen) atoms. The van der Waals surface area contributed by atoms with Gasteiger partial charge in [0, 0.05) is 12.6 Å². The van der Waals surface area contributed by atoms with Crippen molar-refractivity contribution in [1.82, 2.24) is 5.32 Å². The molecule has 0 radical (unpaired) electrons. The van der Waals surface area contributed by atoms with Crippen LogP contribution in [-0.2, 0) is 11.2 Å². The highest BCUT2D eigenvalue weighted by atomic mass is 16.5. The second kappa shape index (κ2) is 7.51. The van der Waals surface area contributed by atoms with Crippen molar-refractivity contribution in [2.45, 2.75) is 45.3 Å². The maximum absolute atomic E-state index is 5.82. The first-order chi connectivity index (χ1) is 9.03. The molecule has 0 aromatic heterocycles. The summed E-state index contributed by atoms with van der Waals surface area (Å²) in [6.07, 6.45) is 2.09. The number of hydrogen-bond donors (Lipinski definition) is 1. The van der Waals surface area contributed by atoms with Crippen LogP contribution >= 0.6 is 0 Å². The quantitative estimate of drug-likeness (QED) is 0.783. The lowest BCUT2D eigenvalue weighted by Crippen LogP contribution is -2.47. The molecule has 0 aliphatic rings. The Morgan fingerprint density at radius 1 is 1.21 bits per heavy atom. The monoisotopic (exact) mass is 265 g/mol. The predicted molar refractivity (Wildman–Crippen MR) is 79.9 cm³/mol. The van der Waals surface area contributed by atoms with E-state index in [0.29, 0.717) is 6.04 Å². The van der Waals surface area contributed by atoms with Crippen molar-refractivity contribution < 1.29 is 9.47 Å². The summed E-state index contributed by atoms with van der Waals surface area (Å²) in [5.41, 5.74) is 1.18. The van der Waals surface area contributed by atoms with E-state index in [-0.39, 0.29) is 5.60 Å². The molecule has 1 aromatic carbocycles. The maximum Gasteiger partial charge on any atom is 0.118 e. The van der Waals surface area contributed by atoms with E-state index < -0.39 is 0 Å². The molecule has 0 saturated heterocycles. The van der Waals surface area contributed by atoms with Crippen molar-refractivity contribution >= 4 is 0 Å². The summed E-state index contributed by atoms with van der Waals surface area (Å²) < 4.78 is 11.0. The lowest BCUT2D eigenvalue weighted by atomic mass is 9.92. The topological polar surface area (TPSA) is 30.5 Å². The second-order valence-electron chi connectivity index (χ2n) is 5.26. The number of methoxy groups -OCH3 is 1. The first-order valence-corrected chi connectivity index (χ1v) is 6.97. The highest BCUT2D eigenvalue weighted by Crippen LogP contribution is 2.20. The highest BCUT2D eigenvalue weighted by Gasteiger charge is 2.28. The van der Waals surface area contributed by atoms with Crippen LogP contribution in [0.15, 0.2) is 24.3 Å². The van der Waals surface area contributed by atoms with Crippen molar-refractivity contribution in [2.75, 3.05) is 20.8 Å². The molecule has 1 atom stereocenters. The average Bonchev–Trinajstić information content (AvgIpc) is 2.39. The van der Waals surface area contributed by atoms with Gasteiger partial charge in [-0.15, -0.1) is 0 Å². The number of rotatable bonds is 8. The van der Waals surface area contributed by atoms with Gasteiger partial charge in [-0.05, 0) is 58.4 Å². The summed E-state index contributed by atoms with van der Waals surface area (Å²) in [6, 6.07) is 8.61. The standard InChI is InChI=1S/C16H27NO2/c1-6-19-16(2,3)15(17-4)12-9-13-7-10-14(18-5)11-8-13/h7-8,10-11,15,17H,6,9,12H2,1-5H3. The highest BCUT2D eigenvalue weighted by molar-refractivity contribution is 5.27. The number of aryl methyl sites for hydroxylation is 1. The minimum Gasteiger partial charge on any atom is -0.497 e. The minimum atomic E-state index is -0.143. The first kappa shape index (κ1) is 16.0. The lowest BCUT2D eigenvalue weighted by Gasteiger charge is -2.34. The van der Waals surface area contributed by atoms with Crippen LogP contribution in [0.5, 0.6) is 5.75 Å². The molecular formula is C16H27NO2. The third kappa shape index (κ3) is 4.84. The van der Waals surface area contributed by atoms with Crippen LogP contribution < -0.4 is 10.1 Å². The zero-order valence-corrected chi connectivity index (χ0v) is 12.8. The number of benzene rings is 1. The van der Waals surface area contributed by atoms with Gasteiger partial charge in [-0.1, -0.05) is 12.1 Å². The van der Waals surface area contributed by atoms with Crippen LogP contribution in [0.3, 0.4) is 0 Å². The molecule has 0 heterocycles. The molecule has 1 rings (SSSR count). The SMILES string of the molecule is CCOC(C)(C)C(CCc1ccc(OC)cc1)NC. The molecule has 1 aromatic rings. The molecule has 0 saturated carbocycles. The number of nitrogens with one attached hydrogen (secondary N) is 1. The van der Waals surface area contributed by atoms with Crippen LogP contribution in [0.1, 0.15) is 32.8 Å². The second-order valence-corrected chi connectivity index (χ2v) is 5.26. The summed E-state index contributed by atoms with van der Waals surface area (Å²) in [5, 5.41) is 3.37. The van der Waals surface area contributed by atoms with E-state index in [9.17, 15) is 0 Å². The Morgan fingerprint density at radius 2 is 1.84 bits per heavy atom. The summed E-state index contributed by atoms with van der Waals surface area (Å²) in [4.78, 5) is 0. The van der Waals surface area contributed by atoms with Gasteiger partial charge in [0.2, 0.25) is 0 Å². The van der Waals surface area contributed by atoms with Crippen molar-refractivity contribution in [3.05, 3.63) is 29.8 Å². The van der Waals surface area contributed by atoms with Crippen molar-refractivity contribution in [2.24, 2.45) is 0 Å². The molecule has 0 aliphatic carbocycles. The molecule has 0 spiro atoms. The van der Waals surface area contributed by atoms with E-state index in [2.05, 4.69) is 31.3 Å². The van der Waals surface area contributed by atoms with Crippen molar-refractivity contribution in [3.63, 3.8) is 0 Å². The molecule has 1 N–H and O–H groups in total. The van der Waals surface area contributed by atoms with Gasteiger partial charge < -0.3 is 14.8 Å². The zero-order valence-electron chi connectivity index (χ0n) is 12.8. The first-order valence-electron chi connectivity index (χ1n) is 6.97. The Balaban J connectivity index is 2.57. The van der Waals surface area contributed by atoms with E-state index in [1.54, 1.807) is 7.11 Å². The fraction of sp³-hybridized carbons (Fsp3) is 0.625. The predicted octanol–water partition coefficient (Wildman–Crippen LogP) is 3.03. The molecule has 108 valence electrons. The van der Waals surface area contributed by atoms with Crippen molar-refractivity contribution in [1.29, 1.82) is 0 Å². The number of ether oxygens (including phenoxy) is 2. The van der Waals surface area contributed by atoms with E-state index >= 15 is 0 Å². The summed E-state index contributed by atoms with van der Waals surface area (Å²) in [7, 11) is 3.69. The molecular weight excluding hydrogens is 238 g/mol. The minimum absolute atomic E-state index is 0.143. The van der Waals surface area contributed by atoms with Gasteiger partial charge in [0.1, 0.15) is 5.75 Å². The van der Waals surface area contributed by atoms with Crippen LogP contribution in [0.4, 0.5) is 0 Å². The third-order valence-corrected chi connectivity index (χ3v) is 3.58. The maximum atomic E-state index is 5.82. The van der Waals surface area contributed by atoms with Gasteiger partial charge in [0.25, 0.3) is 0 Å². The van der Waals surface area contributed by atoms with Crippen molar-refractivity contribution in [3.8, 4) is 5.75 Å². The van der Waals surface area contributed by atoms with Crippen LogP contribution in [-0.4, -0.2) is 32.4 Å². The molecule has 3 nitrogen and oxygen atoms in total. The smallest absolute Gasteiger partial charge is 0.118 e. The summed E-state index contributed by atoms with van der Waals surface area (Å²) >= 11 is 0. The lowest BCUT2D eigenvalue weighted by molar-refractivity contribution is -0.0382. The van der Waals surface area contributed by atoms with Gasteiger partial charge in [0.05, 0.1) is 12.7 Å². The molecule has 0 amide bonds. The van der Waals surface area contributed by atoms with Gasteiger partial charge in [0.15, 0.2) is 0 Å².